The van der Waals surface area contributed by atoms with Crippen molar-refractivity contribution in [3.8, 4) is 5.75 Å². The normalized spacial score (nSPS) is 25.4. The van der Waals surface area contributed by atoms with Crippen molar-refractivity contribution < 1.29 is 14.3 Å². The number of hydrogen-bond donors (Lipinski definition) is 1. The Labute approximate surface area is 124 Å². The lowest BCUT2D eigenvalue weighted by atomic mass is 9.84. The summed E-state index contributed by atoms with van der Waals surface area (Å²) >= 11 is 0. The Morgan fingerprint density at radius 3 is 2.67 bits per heavy atom. The maximum absolute atomic E-state index is 12.8. The van der Waals surface area contributed by atoms with Gasteiger partial charge in [0.05, 0.1) is 6.04 Å². The Bertz CT molecular complexity index is 591. The first-order valence-corrected chi connectivity index (χ1v) is 7.19. The molecule has 0 aromatic heterocycles. The molecule has 5 nitrogen and oxygen atoms in total. The molecular formula is C16H20N2O3. The lowest BCUT2D eigenvalue weighted by molar-refractivity contribution is -0.150. The largest absolute Gasteiger partial charge is 0.491 e. The highest BCUT2D eigenvalue weighted by Crippen LogP contribution is 2.37. The molecule has 1 aromatic rings. The first-order valence-electron chi connectivity index (χ1n) is 7.19. The van der Waals surface area contributed by atoms with Crippen molar-refractivity contribution in [2.75, 3.05) is 13.2 Å². The van der Waals surface area contributed by atoms with Crippen molar-refractivity contribution in [1.29, 1.82) is 0 Å². The molecule has 0 bridgehead atoms. The number of ether oxygens (including phenoxy) is 1. The molecule has 2 heterocycles. The van der Waals surface area contributed by atoms with E-state index in [4.69, 9.17) is 4.74 Å². The summed E-state index contributed by atoms with van der Waals surface area (Å²) in [5, 5.41) is 2.81. The molecule has 0 spiro atoms. The van der Waals surface area contributed by atoms with Crippen LogP contribution in [0, 0.1) is 5.41 Å². The van der Waals surface area contributed by atoms with Gasteiger partial charge in [-0.3, -0.25) is 9.59 Å². The standard InChI is InChI=1S/C16H20N2O3/c1-16(2,3)14-15(20)18(8-13(19)17-14)11-9-21-12-7-5-4-6-10(11)12/h4-7,11,14H,8-9H2,1-3H3,(H,17,19). The van der Waals surface area contributed by atoms with E-state index in [9.17, 15) is 9.59 Å². The Morgan fingerprint density at radius 2 is 1.95 bits per heavy atom. The number of para-hydroxylation sites is 1. The van der Waals surface area contributed by atoms with Gasteiger partial charge in [-0.1, -0.05) is 39.0 Å². The Balaban J connectivity index is 1.92. The van der Waals surface area contributed by atoms with Gasteiger partial charge in [0.1, 0.15) is 24.9 Å². The molecule has 112 valence electrons. The maximum atomic E-state index is 12.8. The van der Waals surface area contributed by atoms with Crippen molar-refractivity contribution in [2.24, 2.45) is 5.41 Å². The van der Waals surface area contributed by atoms with Gasteiger partial charge in [-0.15, -0.1) is 0 Å². The van der Waals surface area contributed by atoms with Crippen molar-refractivity contribution >= 4 is 11.8 Å². The average Bonchev–Trinajstić information content (AvgIpc) is 2.83. The van der Waals surface area contributed by atoms with Crippen molar-refractivity contribution in [1.82, 2.24) is 10.2 Å². The van der Waals surface area contributed by atoms with Gasteiger partial charge in [0, 0.05) is 5.56 Å². The van der Waals surface area contributed by atoms with E-state index in [1.807, 2.05) is 45.0 Å². The van der Waals surface area contributed by atoms with Crippen LogP contribution in [0.4, 0.5) is 0 Å². The number of nitrogens with zero attached hydrogens (tertiary/aromatic N) is 1. The van der Waals surface area contributed by atoms with Crippen LogP contribution in [-0.2, 0) is 9.59 Å². The number of hydrogen-bond acceptors (Lipinski definition) is 3. The fraction of sp³-hybridized carbons (Fsp3) is 0.500. The van der Waals surface area contributed by atoms with Crippen LogP contribution in [0.25, 0.3) is 0 Å². The zero-order valence-electron chi connectivity index (χ0n) is 12.6. The molecule has 1 N–H and O–H groups in total. The molecule has 0 aliphatic carbocycles. The first-order chi connectivity index (χ1) is 9.88. The van der Waals surface area contributed by atoms with E-state index in [1.165, 1.54) is 0 Å². The second-order valence-corrected chi connectivity index (χ2v) is 6.70. The van der Waals surface area contributed by atoms with Crippen molar-refractivity contribution in [2.45, 2.75) is 32.9 Å². The van der Waals surface area contributed by atoms with Crippen LogP contribution in [0.5, 0.6) is 5.75 Å². The van der Waals surface area contributed by atoms with E-state index < -0.39 is 6.04 Å². The van der Waals surface area contributed by atoms with Gasteiger partial charge in [-0.25, -0.2) is 0 Å². The summed E-state index contributed by atoms with van der Waals surface area (Å²) in [6.45, 7) is 6.37. The van der Waals surface area contributed by atoms with Crippen molar-refractivity contribution in [3.63, 3.8) is 0 Å². The molecule has 1 aromatic carbocycles. The fourth-order valence-electron chi connectivity index (χ4n) is 2.92. The monoisotopic (exact) mass is 288 g/mol. The predicted octanol–water partition coefficient (Wildman–Crippen LogP) is 1.49. The Hall–Kier alpha value is -2.04. The van der Waals surface area contributed by atoms with Crippen LogP contribution in [0.15, 0.2) is 24.3 Å². The van der Waals surface area contributed by atoms with Crippen LogP contribution in [0.3, 0.4) is 0 Å². The average molecular weight is 288 g/mol. The summed E-state index contributed by atoms with van der Waals surface area (Å²) in [5.74, 6) is 0.653. The summed E-state index contributed by atoms with van der Waals surface area (Å²) in [6, 6.07) is 7.01. The molecule has 5 heteroatoms. The van der Waals surface area contributed by atoms with E-state index in [0.717, 1.165) is 11.3 Å². The zero-order valence-corrected chi connectivity index (χ0v) is 12.6. The molecule has 2 aliphatic heterocycles. The van der Waals surface area contributed by atoms with Gasteiger partial charge >= 0.3 is 0 Å². The summed E-state index contributed by atoms with van der Waals surface area (Å²) in [6.07, 6.45) is 0. The molecular weight excluding hydrogens is 268 g/mol. The minimum atomic E-state index is -0.494. The van der Waals surface area contributed by atoms with Gasteiger partial charge in [-0.2, -0.15) is 0 Å². The zero-order chi connectivity index (χ0) is 15.2. The van der Waals surface area contributed by atoms with E-state index in [0.29, 0.717) is 6.61 Å². The van der Waals surface area contributed by atoms with E-state index in [2.05, 4.69) is 5.32 Å². The third kappa shape index (κ3) is 2.37. The first kappa shape index (κ1) is 13.9. The number of carbonyl (C=O) groups is 2. The quantitative estimate of drug-likeness (QED) is 0.852. The number of amides is 2. The second kappa shape index (κ2) is 4.76. The Kier molecular flexibility index (Phi) is 3.15. The third-order valence-electron chi connectivity index (χ3n) is 4.07. The van der Waals surface area contributed by atoms with E-state index in [1.54, 1.807) is 4.90 Å². The molecule has 0 saturated carbocycles. The molecule has 2 aliphatic rings. The van der Waals surface area contributed by atoms with E-state index >= 15 is 0 Å². The van der Waals surface area contributed by atoms with Gasteiger partial charge in [-0.05, 0) is 11.5 Å². The Morgan fingerprint density at radius 1 is 1.24 bits per heavy atom. The summed E-state index contributed by atoms with van der Waals surface area (Å²) < 4.78 is 5.64. The molecule has 1 fully saturated rings. The highest BCUT2D eigenvalue weighted by molar-refractivity contribution is 5.95. The van der Waals surface area contributed by atoms with Crippen molar-refractivity contribution in [3.05, 3.63) is 29.8 Å². The van der Waals surface area contributed by atoms with Gasteiger partial charge in [0.25, 0.3) is 0 Å². The fourth-order valence-corrected chi connectivity index (χ4v) is 2.92. The van der Waals surface area contributed by atoms with Crippen LogP contribution in [-0.4, -0.2) is 35.9 Å². The topological polar surface area (TPSA) is 58.6 Å². The van der Waals surface area contributed by atoms with Crippen LogP contribution < -0.4 is 10.1 Å². The van der Waals surface area contributed by atoms with Gasteiger partial charge in [0.2, 0.25) is 11.8 Å². The molecule has 1 saturated heterocycles. The highest BCUT2D eigenvalue weighted by atomic mass is 16.5. The second-order valence-electron chi connectivity index (χ2n) is 6.70. The number of fused-ring (bicyclic) bond motifs is 1. The molecule has 2 atom stereocenters. The van der Waals surface area contributed by atoms with E-state index in [-0.39, 0.29) is 29.8 Å². The number of piperazine rings is 1. The predicted molar refractivity (Wildman–Crippen MR) is 77.8 cm³/mol. The number of rotatable bonds is 1. The number of carbonyl (C=O) groups excluding carboxylic acids is 2. The lowest BCUT2D eigenvalue weighted by Crippen LogP contribution is -2.62. The molecule has 2 amide bonds. The minimum Gasteiger partial charge on any atom is -0.491 e. The summed E-state index contributed by atoms with van der Waals surface area (Å²) in [4.78, 5) is 26.4. The van der Waals surface area contributed by atoms with Gasteiger partial charge in [0.15, 0.2) is 0 Å². The third-order valence-corrected chi connectivity index (χ3v) is 4.07. The molecule has 3 rings (SSSR count). The van der Waals surface area contributed by atoms with Crippen LogP contribution in [0.1, 0.15) is 32.4 Å². The minimum absolute atomic E-state index is 0.0348. The smallest absolute Gasteiger partial charge is 0.246 e. The number of nitrogens with one attached hydrogen (secondary N) is 1. The molecule has 21 heavy (non-hydrogen) atoms. The highest BCUT2D eigenvalue weighted by Gasteiger charge is 2.44. The number of benzene rings is 1. The summed E-state index contributed by atoms with van der Waals surface area (Å²) in [7, 11) is 0. The molecule has 2 unspecified atom stereocenters. The van der Waals surface area contributed by atoms with Crippen LogP contribution >= 0.6 is 0 Å². The van der Waals surface area contributed by atoms with Crippen LogP contribution in [0.2, 0.25) is 0 Å². The lowest BCUT2D eigenvalue weighted by Gasteiger charge is -2.41. The summed E-state index contributed by atoms with van der Waals surface area (Å²) in [5.41, 5.74) is 0.665. The SMILES string of the molecule is CC(C)(C)C1NC(=O)CN(C2COc3ccccc32)C1=O. The van der Waals surface area contributed by atoms with Gasteiger partial charge < -0.3 is 15.0 Å². The maximum Gasteiger partial charge on any atom is 0.246 e. The molecule has 0 radical (unpaired) electrons.